The molecule has 2 nitrogen and oxygen atoms in total. The molecule has 1 atom stereocenters. The first-order chi connectivity index (χ1) is 14.9. The molecule has 1 unspecified atom stereocenters. The summed E-state index contributed by atoms with van der Waals surface area (Å²) in [7, 11) is 0. The van der Waals surface area contributed by atoms with Crippen molar-refractivity contribution in [3.05, 3.63) is 54.6 Å². The topological polar surface area (TPSA) is 17.8 Å². The predicted octanol–water partition coefficient (Wildman–Crippen LogP) is 8.93. The van der Waals surface area contributed by atoms with Gasteiger partial charge in [-0.25, -0.2) is 4.98 Å². The molecule has 0 N–H and O–H groups in total. The van der Waals surface area contributed by atoms with Crippen molar-refractivity contribution in [1.29, 1.82) is 0 Å². The van der Waals surface area contributed by atoms with Gasteiger partial charge < -0.3 is 4.57 Å². The highest BCUT2D eigenvalue weighted by Crippen LogP contribution is 2.22. The highest BCUT2D eigenvalue weighted by Gasteiger charge is 2.11. The molecule has 2 aromatic rings. The monoisotopic (exact) mass is 410 g/mol. The van der Waals surface area contributed by atoms with Crippen LogP contribution in [0.5, 0.6) is 0 Å². The normalized spacial score (nSPS) is 12.3. The maximum atomic E-state index is 4.27. The summed E-state index contributed by atoms with van der Waals surface area (Å²) in [5.74, 6) is 0. The van der Waals surface area contributed by atoms with Gasteiger partial charge >= 0.3 is 0 Å². The maximum Gasteiger partial charge on any atom is 0.0948 e. The Morgan fingerprint density at radius 2 is 1.23 bits per heavy atom. The van der Waals surface area contributed by atoms with Crippen molar-refractivity contribution in [3.63, 3.8) is 0 Å². The van der Waals surface area contributed by atoms with Crippen LogP contribution >= 0.6 is 0 Å². The smallest absolute Gasteiger partial charge is 0.0948 e. The third kappa shape index (κ3) is 11.6. The maximum absolute atomic E-state index is 4.27. The van der Waals surface area contributed by atoms with E-state index in [1.807, 2.05) is 12.5 Å². The van der Waals surface area contributed by atoms with Gasteiger partial charge in [-0.3, -0.25) is 0 Å². The molecule has 0 fully saturated rings. The van der Waals surface area contributed by atoms with E-state index < -0.39 is 0 Å². The molecule has 2 rings (SSSR count). The molecule has 2 heteroatoms. The lowest BCUT2D eigenvalue weighted by Gasteiger charge is -2.18. The van der Waals surface area contributed by atoms with Crippen molar-refractivity contribution < 1.29 is 0 Å². The molecular formula is C28H46N2. The highest BCUT2D eigenvalue weighted by molar-refractivity contribution is 5.15. The Bertz CT molecular complexity index is 590. The Balaban J connectivity index is 1.45. The molecule has 168 valence electrons. The Hall–Kier alpha value is -1.57. The highest BCUT2D eigenvalue weighted by atomic mass is 15.0. The molecule has 0 aliphatic carbocycles. The van der Waals surface area contributed by atoms with Gasteiger partial charge in [0.05, 0.1) is 6.33 Å². The Morgan fingerprint density at radius 3 is 1.73 bits per heavy atom. The van der Waals surface area contributed by atoms with E-state index in [2.05, 4.69) is 53.0 Å². The standard InChI is InChI=1S/C28H46N2/c1-2-3-4-5-6-7-8-9-10-11-12-13-14-15-19-22-28(30-24-23-29-26-30)25-27-20-17-16-18-21-27/h16-18,20-21,23-24,26,28H,2-15,19,22,25H2,1H3. The molecule has 30 heavy (non-hydrogen) atoms. The Kier molecular flexibility index (Phi) is 14.1. The van der Waals surface area contributed by atoms with Gasteiger partial charge in [-0.15, -0.1) is 0 Å². The molecule has 0 spiro atoms. The summed E-state index contributed by atoms with van der Waals surface area (Å²) < 4.78 is 2.30. The number of hydrogen-bond donors (Lipinski definition) is 0. The summed E-state index contributed by atoms with van der Waals surface area (Å²) in [6.45, 7) is 2.30. The molecule has 0 radical (unpaired) electrons. The van der Waals surface area contributed by atoms with E-state index >= 15 is 0 Å². The van der Waals surface area contributed by atoms with Gasteiger partial charge in [0, 0.05) is 18.4 Å². The van der Waals surface area contributed by atoms with Gasteiger partial charge in [0.1, 0.15) is 0 Å². The molecular weight excluding hydrogens is 364 g/mol. The fraction of sp³-hybridized carbons (Fsp3) is 0.679. The van der Waals surface area contributed by atoms with E-state index in [0.717, 1.165) is 6.42 Å². The predicted molar refractivity (Wildman–Crippen MR) is 131 cm³/mol. The Labute approximate surface area is 186 Å². The van der Waals surface area contributed by atoms with Crippen LogP contribution in [0.1, 0.15) is 121 Å². The van der Waals surface area contributed by atoms with Crippen LogP contribution in [0.4, 0.5) is 0 Å². The molecule has 1 heterocycles. The van der Waals surface area contributed by atoms with Gasteiger partial charge in [-0.05, 0) is 18.4 Å². The fourth-order valence-corrected chi connectivity index (χ4v) is 4.48. The number of nitrogens with zero attached hydrogens (tertiary/aromatic N) is 2. The zero-order valence-corrected chi connectivity index (χ0v) is 19.6. The number of benzene rings is 1. The van der Waals surface area contributed by atoms with E-state index in [1.54, 1.807) is 0 Å². The van der Waals surface area contributed by atoms with E-state index in [-0.39, 0.29) is 0 Å². The minimum atomic E-state index is 0.539. The second-order valence-electron chi connectivity index (χ2n) is 9.09. The molecule has 0 saturated heterocycles. The van der Waals surface area contributed by atoms with Gasteiger partial charge in [0.2, 0.25) is 0 Å². The van der Waals surface area contributed by atoms with E-state index in [9.17, 15) is 0 Å². The largest absolute Gasteiger partial charge is 0.334 e. The zero-order chi connectivity index (χ0) is 21.1. The lowest BCUT2D eigenvalue weighted by Crippen LogP contribution is -2.10. The SMILES string of the molecule is CCCCCCCCCCCCCCCCCC(Cc1ccccc1)n1ccnc1. The third-order valence-corrected chi connectivity index (χ3v) is 6.40. The van der Waals surface area contributed by atoms with Crippen molar-refractivity contribution in [2.75, 3.05) is 0 Å². The minimum Gasteiger partial charge on any atom is -0.334 e. The fourth-order valence-electron chi connectivity index (χ4n) is 4.48. The molecule has 1 aromatic heterocycles. The van der Waals surface area contributed by atoms with Crippen LogP contribution in [0.3, 0.4) is 0 Å². The van der Waals surface area contributed by atoms with Gasteiger partial charge in [-0.2, -0.15) is 0 Å². The molecule has 1 aromatic carbocycles. The number of aromatic nitrogens is 2. The molecule has 0 amide bonds. The van der Waals surface area contributed by atoms with Gasteiger partial charge in [0.25, 0.3) is 0 Å². The summed E-state index contributed by atoms with van der Waals surface area (Å²) >= 11 is 0. The minimum absolute atomic E-state index is 0.539. The van der Waals surface area contributed by atoms with Crippen LogP contribution in [0.2, 0.25) is 0 Å². The average molecular weight is 411 g/mol. The van der Waals surface area contributed by atoms with E-state index in [1.165, 1.54) is 108 Å². The summed E-state index contributed by atoms with van der Waals surface area (Å²) in [5, 5.41) is 0. The Morgan fingerprint density at radius 1 is 0.700 bits per heavy atom. The lowest BCUT2D eigenvalue weighted by atomic mass is 9.99. The lowest BCUT2D eigenvalue weighted by molar-refractivity contribution is 0.433. The van der Waals surface area contributed by atoms with Crippen molar-refractivity contribution in [2.24, 2.45) is 0 Å². The summed E-state index contributed by atoms with van der Waals surface area (Å²) in [6.07, 6.45) is 29.8. The quantitative estimate of drug-likeness (QED) is 0.211. The van der Waals surface area contributed by atoms with Crippen molar-refractivity contribution in [2.45, 2.75) is 122 Å². The average Bonchev–Trinajstić information content (AvgIpc) is 3.31. The van der Waals surface area contributed by atoms with Crippen LogP contribution < -0.4 is 0 Å². The number of imidazole rings is 1. The molecule has 0 bridgehead atoms. The van der Waals surface area contributed by atoms with E-state index in [4.69, 9.17) is 0 Å². The third-order valence-electron chi connectivity index (χ3n) is 6.40. The van der Waals surface area contributed by atoms with Crippen LogP contribution in [-0.4, -0.2) is 9.55 Å². The number of rotatable bonds is 19. The summed E-state index contributed by atoms with van der Waals surface area (Å²) in [6, 6.07) is 11.4. The molecule has 0 aliphatic rings. The van der Waals surface area contributed by atoms with Crippen LogP contribution in [0, 0.1) is 0 Å². The van der Waals surface area contributed by atoms with Crippen molar-refractivity contribution in [3.8, 4) is 0 Å². The first-order valence-corrected chi connectivity index (χ1v) is 12.9. The number of hydrogen-bond acceptors (Lipinski definition) is 1. The van der Waals surface area contributed by atoms with Gasteiger partial charge in [0.15, 0.2) is 0 Å². The summed E-state index contributed by atoms with van der Waals surface area (Å²) in [5.41, 5.74) is 1.43. The summed E-state index contributed by atoms with van der Waals surface area (Å²) in [4.78, 5) is 4.27. The molecule has 0 saturated carbocycles. The zero-order valence-electron chi connectivity index (χ0n) is 19.6. The van der Waals surface area contributed by atoms with Crippen LogP contribution in [-0.2, 0) is 6.42 Å². The van der Waals surface area contributed by atoms with E-state index in [0.29, 0.717) is 6.04 Å². The van der Waals surface area contributed by atoms with Crippen molar-refractivity contribution in [1.82, 2.24) is 9.55 Å². The molecule has 0 aliphatic heterocycles. The van der Waals surface area contributed by atoms with Crippen LogP contribution in [0.15, 0.2) is 49.1 Å². The van der Waals surface area contributed by atoms with Gasteiger partial charge in [-0.1, -0.05) is 134 Å². The van der Waals surface area contributed by atoms with Crippen molar-refractivity contribution >= 4 is 0 Å². The van der Waals surface area contributed by atoms with Crippen LogP contribution in [0.25, 0.3) is 0 Å². The second kappa shape index (κ2) is 17.1. The first kappa shape index (κ1) is 24.7. The second-order valence-corrected chi connectivity index (χ2v) is 9.09. The number of unbranched alkanes of at least 4 members (excludes halogenated alkanes) is 14. The first-order valence-electron chi connectivity index (χ1n) is 12.9.